The molecule has 2 rings (SSSR count). The number of nitrogens with zero attached hydrogens (tertiary/aromatic N) is 1. The molecule has 2 unspecified atom stereocenters. The lowest BCUT2D eigenvalue weighted by Crippen LogP contribution is -2.53. The Morgan fingerprint density at radius 1 is 1.17 bits per heavy atom. The Bertz CT molecular complexity index is 371. The van der Waals surface area contributed by atoms with E-state index in [-0.39, 0.29) is 0 Å². The third-order valence-electron chi connectivity index (χ3n) is 3.45. The Kier molecular flexibility index (Phi) is 4.75. The van der Waals surface area contributed by atoms with Gasteiger partial charge in [0.05, 0.1) is 6.61 Å². The molecule has 1 aromatic rings. The lowest BCUT2D eigenvalue weighted by atomic mass is 10.1. The molecule has 1 aliphatic heterocycles. The van der Waals surface area contributed by atoms with Gasteiger partial charge in [0.1, 0.15) is 0 Å². The number of hydrogen-bond acceptors (Lipinski definition) is 3. The van der Waals surface area contributed by atoms with Crippen molar-refractivity contribution in [2.24, 2.45) is 0 Å². The molecule has 1 fully saturated rings. The smallest absolute Gasteiger partial charge is 0.0716 e. The Balaban J connectivity index is 2.04. The van der Waals surface area contributed by atoms with Gasteiger partial charge < -0.3 is 10.1 Å². The van der Waals surface area contributed by atoms with E-state index >= 15 is 0 Å². The summed E-state index contributed by atoms with van der Waals surface area (Å²) in [5, 5.41) is 3.57. The van der Waals surface area contributed by atoms with Gasteiger partial charge in [0.2, 0.25) is 0 Å². The van der Waals surface area contributed by atoms with Crippen molar-refractivity contribution in [1.29, 1.82) is 0 Å². The van der Waals surface area contributed by atoms with E-state index in [4.69, 9.17) is 4.74 Å². The van der Waals surface area contributed by atoms with Crippen LogP contribution in [-0.2, 0) is 17.9 Å². The average Bonchev–Trinajstić information content (AvgIpc) is 2.30. The van der Waals surface area contributed by atoms with Gasteiger partial charge in [-0.2, -0.15) is 0 Å². The van der Waals surface area contributed by atoms with Gasteiger partial charge in [-0.25, -0.2) is 0 Å². The second-order valence-electron chi connectivity index (χ2n) is 5.36. The molecule has 0 saturated carbocycles. The molecule has 0 aromatic heterocycles. The topological polar surface area (TPSA) is 24.5 Å². The van der Waals surface area contributed by atoms with Crippen LogP contribution in [0.1, 0.15) is 25.0 Å². The Labute approximate surface area is 110 Å². The van der Waals surface area contributed by atoms with Gasteiger partial charge in [0, 0.05) is 38.8 Å². The average molecular weight is 248 g/mol. The van der Waals surface area contributed by atoms with E-state index in [2.05, 4.69) is 48.3 Å². The van der Waals surface area contributed by atoms with E-state index in [1.807, 2.05) is 0 Å². The normalized spacial score (nSPS) is 25.3. The highest BCUT2D eigenvalue weighted by molar-refractivity contribution is 5.26. The molecule has 0 amide bonds. The minimum Gasteiger partial charge on any atom is -0.380 e. The fraction of sp³-hybridized carbons (Fsp3) is 0.600. The highest BCUT2D eigenvalue weighted by Crippen LogP contribution is 2.15. The van der Waals surface area contributed by atoms with Gasteiger partial charge in [-0.3, -0.25) is 4.90 Å². The largest absolute Gasteiger partial charge is 0.380 e. The van der Waals surface area contributed by atoms with Crippen LogP contribution in [0.3, 0.4) is 0 Å². The monoisotopic (exact) mass is 248 g/mol. The molecule has 3 heteroatoms. The summed E-state index contributed by atoms with van der Waals surface area (Å²) in [7, 11) is 1.76. The number of benzene rings is 1. The van der Waals surface area contributed by atoms with Crippen LogP contribution in [0.4, 0.5) is 0 Å². The molecule has 1 heterocycles. The third-order valence-corrected chi connectivity index (χ3v) is 3.45. The summed E-state index contributed by atoms with van der Waals surface area (Å²) in [5.41, 5.74) is 2.69. The summed E-state index contributed by atoms with van der Waals surface area (Å²) >= 11 is 0. The zero-order valence-corrected chi connectivity index (χ0v) is 11.6. The maximum absolute atomic E-state index is 5.27. The summed E-state index contributed by atoms with van der Waals surface area (Å²) in [6.45, 7) is 8.47. The Morgan fingerprint density at radius 3 is 2.39 bits per heavy atom. The number of nitrogens with one attached hydrogen (secondary N) is 1. The van der Waals surface area contributed by atoms with Crippen LogP contribution in [0, 0.1) is 0 Å². The van der Waals surface area contributed by atoms with E-state index in [0.29, 0.717) is 18.7 Å². The minimum atomic E-state index is 0.573. The molecule has 1 saturated heterocycles. The van der Waals surface area contributed by atoms with E-state index in [9.17, 15) is 0 Å². The molecular weight excluding hydrogens is 224 g/mol. The summed E-state index contributed by atoms with van der Waals surface area (Å²) in [6, 6.07) is 9.72. The van der Waals surface area contributed by atoms with Gasteiger partial charge >= 0.3 is 0 Å². The van der Waals surface area contributed by atoms with E-state index in [0.717, 1.165) is 19.6 Å². The van der Waals surface area contributed by atoms with Crippen molar-refractivity contribution in [3.63, 3.8) is 0 Å². The zero-order valence-electron chi connectivity index (χ0n) is 11.6. The Morgan fingerprint density at radius 2 is 1.78 bits per heavy atom. The first-order valence-corrected chi connectivity index (χ1v) is 6.73. The fourth-order valence-electron chi connectivity index (χ4n) is 2.82. The summed E-state index contributed by atoms with van der Waals surface area (Å²) in [5.74, 6) is 0. The third kappa shape index (κ3) is 3.55. The van der Waals surface area contributed by atoms with Crippen molar-refractivity contribution in [2.75, 3.05) is 20.2 Å². The highest BCUT2D eigenvalue weighted by atomic mass is 16.5. The maximum Gasteiger partial charge on any atom is 0.0716 e. The summed E-state index contributed by atoms with van der Waals surface area (Å²) < 4.78 is 5.27. The van der Waals surface area contributed by atoms with Crippen molar-refractivity contribution in [3.8, 4) is 0 Å². The first-order chi connectivity index (χ1) is 8.69. The lowest BCUT2D eigenvalue weighted by Gasteiger charge is -2.36. The molecule has 100 valence electrons. The standard InChI is InChI=1S/C15H24N2O/c1-12-8-17(9-13(2)16-12)10-14-6-4-5-7-15(14)11-18-3/h4-7,12-13,16H,8-11H2,1-3H3. The van der Waals surface area contributed by atoms with Crippen molar-refractivity contribution in [1.82, 2.24) is 10.2 Å². The van der Waals surface area contributed by atoms with Crippen LogP contribution in [0.15, 0.2) is 24.3 Å². The zero-order chi connectivity index (χ0) is 13.0. The maximum atomic E-state index is 5.27. The van der Waals surface area contributed by atoms with Crippen molar-refractivity contribution in [3.05, 3.63) is 35.4 Å². The SMILES string of the molecule is COCc1ccccc1CN1CC(C)NC(C)C1. The van der Waals surface area contributed by atoms with Crippen molar-refractivity contribution in [2.45, 2.75) is 39.1 Å². The predicted octanol–water partition coefficient (Wildman–Crippen LogP) is 2.02. The second-order valence-corrected chi connectivity index (χ2v) is 5.36. The van der Waals surface area contributed by atoms with E-state index < -0.39 is 0 Å². The van der Waals surface area contributed by atoms with Crippen LogP contribution in [-0.4, -0.2) is 37.2 Å². The number of methoxy groups -OCH3 is 1. The molecule has 0 radical (unpaired) electrons. The number of ether oxygens (including phenoxy) is 1. The molecule has 0 bridgehead atoms. The molecule has 18 heavy (non-hydrogen) atoms. The fourth-order valence-corrected chi connectivity index (χ4v) is 2.82. The molecule has 1 N–H and O–H groups in total. The summed E-state index contributed by atoms with van der Waals surface area (Å²) in [4.78, 5) is 2.53. The lowest BCUT2D eigenvalue weighted by molar-refractivity contribution is 0.161. The van der Waals surface area contributed by atoms with Crippen LogP contribution in [0.25, 0.3) is 0 Å². The number of hydrogen-bond donors (Lipinski definition) is 1. The second kappa shape index (κ2) is 6.32. The molecule has 1 aliphatic rings. The molecule has 2 atom stereocenters. The molecule has 1 aromatic carbocycles. The highest BCUT2D eigenvalue weighted by Gasteiger charge is 2.21. The van der Waals surface area contributed by atoms with Crippen LogP contribution >= 0.6 is 0 Å². The molecule has 3 nitrogen and oxygen atoms in total. The molecule has 0 spiro atoms. The van der Waals surface area contributed by atoms with Gasteiger partial charge in [-0.15, -0.1) is 0 Å². The van der Waals surface area contributed by atoms with Crippen LogP contribution in [0.2, 0.25) is 0 Å². The van der Waals surface area contributed by atoms with Crippen LogP contribution in [0.5, 0.6) is 0 Å². The summed E-state index contributed by atoms with van der Waals surface area (Å²) in [6.07, 6.45) is 0. The molecule has 0 aliphatic carbocycles. The molecular formula is C15H24N2O. The Hall–Kier alpha value is -0.900. The minimum absolute atomic E-state index is 0.573. The van der Waals surface area contributed by atoms with Gasteiger partial charge in [0.15, 0.2) is 0 Å². The van der Waals surface area contributed by atoms with E-state index in [1.165, 1.54) is 11.1 Å². The first-order valence-electron chi connectivity index (χ1n) is 6.73. The van der Waals surface area contributed by atoms with Gasteiger partial charge in [0.25, 0.3) is 0 Å². The van der Waals surface area contributed by atoms with Gasteiger partial charge in [-0.05, 0) is 25.0 Å². The quantitative estimate of drug-likeness (QED) is 0.882. The van der Waals surface area contributed by atoms with Crippen LogP contribution < -0.4 is 5.32 Å². The van der Waals surface area contributed by atoms with E-state index in [1.54, 1.807) is 7.11 Å². The first kappa shape index (κ1) is 13.5. The predicted molar refractivity (Wildman–Crippen MR) is 74.5 cm³/mol. The number of rotatable bonds is 4. The van der Waals surface area contributed by atoms with Gasteiger partial charge in [-0.1, -0.05) is 24.3 Å². The van der Waals surface area contributed by atoms with Crippen molar-refractivity contribution < 1.29 is 4.74 Å². The van der Waals surface area contributed by atoms with Crippen molar-refractivity contribution >= 4 is 0 Å². The number of piperazine rings is 1.